The smallest absolute Gasteiger partial charge is 0.355 e. The van der Waals surface area contributed by atoms with Gasteiger partial charge in [0.05, 0.1) is 11.1 Å². The highest BCUT2D eigenvalue weighted by Crippen LogP contribution is 2.16. The molecule has 0 aliphatic carbocycles. The van der Waals surface area contributed by atoms with Crippen molar-refractivity contribution in [3.05, 3.63) is 45.9 Å². The van der Waals surface area contributed by atoms with E-state index in [9.17, 15) is 9.59 Å². The van der Waals surface area contributed by atoms with E-state index in [0.717, 1.165) is 19.4 Å². The summed E-state index contributed by atoms with van der Waals surface area (Å²) in [6.45, 7) is 1.71. The summed E-state index contributed by atoms with van der Waals surface area (Å²) in [5.41, 5.74) is 0.578. The van der Waals surface area contributed by atoms with Crippen LogP contribution >= 0.6 is 11.3 Å². The van der Waals surface area contributed by atoms with Crippen molar-refractivity contribution in [1.82, 2.24) is 10.3 Å². The van der Waals surface area contributed by atoms with E-state index in [0.29, 0.717) is 35.9 Å². The quantitative estimate of drug-likeness (QED) is 0.734. The molecule has 1 atom stereocenters. The molecular formula is C18H20N2O5S. The molecule has 1 aliphatic heterocycles. The Kier molecular flexibility index (Phi) is 6.19. The molecule has 1 fully saturated rings. The first-order valence-electron chi connectivity index (χ1n) is 8.42. The van der Waals surface area contributed by atoms with Crippen LogP contribution in [0.3, 0.4) is 0 Å². The predicted octanol–water partition coefficient (Wildman–Crippen LogP) is 2.37. The number of hydrogen-bond donors (Lipinski definition) is 2. The van der Waals surface area contributed by atoms with Crippen LogP contribution in [0, 0.1) is 0 Å². The van der Waals surface area contributed by atoms with Crippen LogP contribution in [0.1, 0.15) is 38.7 Å². The Morgan fingerprint density at radius 1 is 1.35 bits per heavy atom. The number of carboxylic acid groups (broad SMARTS) is 1. The summed E-state index contributed by atoms with van der Waals surface area (Å²) in [6.07, 6.45) is 2.75. The molecule has 2 N–H and O–H groups in total. The standard InChI is InChI=1S/C18H20N2O5S/c21-17(19-8-7-16-20-15(11-26-16)18(22)23)12-3-5-13(6-4-12)25-10-14-2-1-9-24-14/h3-6,11,14H,1-2,7-10H2,(H,19,21)(H,22,23). The maximum Gasteiger partial charge on any atom is 0.355 e. The summed E-state index contributed by atoms with van der Waals surface area (Å²) in [4.78, 5) is 26.9. The number of ether oxygens (including phenoxy) is 2. The van der Waals surface area contributed by atoms with Crippen molar-refractivity contribution in [3.8, 4) is 5.75 Å². The fourth-order valence-corrected chi connectivity index (χ4v) is 3.35. The molecule has 1 unspecified atom stereocenters. The first kappa shape index (κ1) is 18.3. The highest BCUT2D eigenvalue weighted by atomic mass is 32.1. The van der Waals surface area contributed by atoms with Crippen molar-refractivity contribution in [2.24, 2.45) is 0 Å². The molecule has 26 heavy (non-hydrogen) atoms. The Balaban J connectivity index is 1.42. The molecule has 3 rings (SSSR count). The summed E-state index contributed by atoms with van der Waals surface area (Å²) in [5.74, 6) is -0.523. The number of aromatic nitrogens is 1. The molecule has 8 heteroatoms. The minimum absolute atomic E-state index is 0.0370. The van der Waals surface area contributed by atoms with Crippen LogP contribution in [0.15, 0.2) is 29.6 Å². The minimum Gasteiger partial charge on any atom is -0.491 e. The van der Waals surface area contributed by atoms with Gasteiger partial charge in [-0.2, -0.15) is 0 Å². The van der Waals surface area contributed by atoms with Gasteiger partial charge in [-0.05, 0) is 37.1 Å². The van der Waals surface area contributed by atoms with Crippen LogP contribution in [0.2, 0.25) is 0 Å². The van der Waals surface area contributed by atoms with Gasteiger partial charge in [0, 0.05) is 30.5 Å². The zero-order chi connectivity index (χ0) is 18.4. The predicted molar refractivity (Wildman–Crippen MR) is 96.0 cm³/mol. The number of rotatable bonds is 8. The van der Waals surface area contributed by atoms with E-state index in [2.05, 4.69) is 10.3 Å². The Labute approximate surface area is 155 Å². The van der Waals surface area contributed by atoms with Crippen molar-refractivity contribution in [1.29, 1.82) is 0 Å². The maximum atomic E-state index is 12.1. The molecule has 2 aromatic rings. The van der Waals surface area contributed by atoms with Crippen LogP contribution in [-0.4, -0.2) is 47.8 Å². The zero-order valence-corrected chi connectivity index (χ0v) is 15.0. The summed E-state index contributed by atoms with van der Waals surface area (Å²) in [7, 11) is 0. The lowest BCUT2D eigenvalue weighted by Crippen LogP contribution is -2.25. The summed E-state index contributed by atoms with van der Waals surface area (Å²) < 4.78 is 11.2. The fraction of sp³-hybridized carbons (Fsp3) is 0.389. The Morgan fingerprint density at radius 3 is 2.81 bits per heavy atom. The number of carboxylic acids is 1. The normalized spacial score (nSPS) is 16.4. The summed E-state index contributed by atoms with van der Waals surface area (Å²) in [6, 6.07) is 6.96. The molecule has 0 spiro atoms. The summed E-state index contributed by atoms with van der Waals surface area (Å²) >= 11 is 1.27. The molecule has 7 nitrogen and oxygen atoms in total. The number of amides is 1. The molecule has 1 amide bonds. The third-order valence-corrected chi connectivity index (χ3v) is 4.88. The number of nitrogens with one attached hydrogen (secondary N) is 1. The van der Waals surface area contributed by atoms with Gasteiger partial charge in [0.1, 0.15) is 12.4 Å². The second-order valence-electron chi connectivity index (χ2n) is 5.91. The van der Waals surface area contributed by atoms with E-state index in [4.69, 9.17) is 14.6 Å². The number of carbonyl (C=O) groups excluding carboxylic acids is 1. The first-order valence-corrected chi connectivity index (χ1v) is 9.30. The molecule has 1 saturated heterocycles. The number of nitrogens with zero attached hydrogens (tertiary/aromatic N) is 1. The fourth-order valence-electron chi connectivity index (χ4n) is 2.58. The number of benzene rings is 1. The van der Waals surface area contributed by atoms with Crippen molar-refractivity contribution < 1.29 is 24.2 Å². The molecule has 1 aromatic heterocycles. The van der Waals surface area contributed by atoms with E-state index in [1.165, 1.54) is 16.7 Å². The molecular weight excluding hydrogens is 356 g/mol. The van der Waals surface area contributed by atoms with Gasteiger partial charge in [-0.1, -0.05) is 0 Å². The van der Waals surface area contributed by atoms with E-state index in [-0.39, 0.29) is 17.7 Å². The number of carbonyl (C=O) groups is 2. The topological polar surface area (TPSA) is 97.8 Å². The summed E-state index contributed by atoms with van der Waals surface area (Å²) in [5, 5.41) is 13.8. The van der Waals surface area contributed by atoms with Gasteiger partial charge in [0.2, 0.25) is 0 Å². The average Bonchev–Trinajstić information content (AvgIpc) is 3.32. The molecule has 0 saturated carbocycles. The van der Waals surface area contributed by atoms with E-state index in [1.807, 2.05) is 0 Å². The molecule has 2 heterocycles. The number of hydrogen-bond acceptors (Lipinski definition) is 6. The molecule has 1 aromatic carbocycles. The number of aromatic carboxylic acids is 1. The minimum atomic E-state index is -1.04. The van der Waals surface area contributed by atoms with Crippen LogP contribution in [-0.2, 0) is 11.2 Å². The lowest BCUT2D eigenvalue weighted by atomic mass is 10.2. The molecule has 1 aliphatic rings. The van der Waals surface area contributed by atoms with Gasteiger partial charge < -0.3 is 19.9 Å². The average molecular weight is 376 g/mol. The largest absolute Gasteiger partial charge is 0.491 e. The van der Waals surface area contributed by atoms with Crippen LogP contribution in [0.4, 0.5) is 0 Å². The van der Waals surface area contributed by atoms with Crippen molar-refractivity contribution in [3.63, 3.8) is 0 Å². The van der Waals surface area contributed by atoms with Crippen LogP contribution in [0.5, 0.6) is 5.75 Å². The monoisotopic (exact) mass is 376 g/mol. The van der Waals surface area contributed by atoms with Crippen molar-refractivity contribution in [2.75, 3.05) is 19.8 Å². The third-order valence-electron chi connectivity index (χ3n) is 3.97. The van der Waals surface area contributed by atoms with Gasteiger partial charge in [-0.25, -0.2) is 9.78 Å². The van der Waals surface area contributed by atoms with Gasteiger partial charge in [0.25, 0.3) is 5.91 Å². The van der Waals surface area contributed by atoms with Gasteiger partial charge >= 0.3 is 5.97 Å². The van der Waals surface area contributed by atoms with E-state index in [1.54, 1.807) is 24.3 Å². The molecule has 0 radical (unpaired) electrons. The van der Waals surface area contributed by atoms with Gasteiger partial charge in [-0.3, -0.25) is 4.79 Å². The second kappa shape index (κ2) is 8.77. The van der Waals surface area contributed by atoms with Crippen LogP contribution in [0.25, 0.3) is 0 Å². The van der Waals surface area contributed by atoms with Gasteiger partial charge in [-0.15, -0.1) is 11.3 Å². The Hall–Kier alpha value is -2.45. The number of thiazole rings is 1. The maximum absolute atomic E-state index is 12.1. The lowest BCUT2D eigenvalue weighted by molar-refractivity contribution is 0.0679. The molecule has 0 bridgehead atoms. The zero-order valence-electron chi connectivity index (χ0n) is 14.1. The van der Waals surface area contributed by atoms with E-state index >= 15 is 0 Å². The molecule has 138 valence electrons. The van der Waals surface area contributed by atoms with E-state index < -0.39 is 5.97 Å². The second-order valence-corrected chi connectivity index (χ2v) is 6.85. The van der Waals surface area contributed by atoms with Crippen molar-refractivity contribution in [2.45, 2.75) is 25.4 Å². The van der Waals surface area contributed by atoms with Gasteiger partial charge in [0.15, 0.2) is 5.69 Å². The lowest BCUT2D eigenvalue weighted by Gasteiger charge is -2.11. The highest BCUT2D eigenvalue weighted by Gasteiger charge is 2.16. The Bertz CT molecular complexity index is 753. The highest BCUT2D eigenvalue weighted by molar-refractivity contribution is 7.09. The Morgan fingerprint density at radius 2 is 2.15 bits per heavy atom. The SMILES string of the molecule is O=C(NCCc1nc(C(=O)O)cs1)c1ccc(OCC2CCCO2)cc1. The van der Waals surface area contributed by atoms with Crippen LogP contribution < -0.4 is 10.1 Å². The third kappa shape index (κ3) is 5.03. The first-order chi connectivity index (χ1) is 12.6. The van der Waals surface area contributed by atoms with Crippen molar-refractivity contribution >= 4 is 23.2 Å².